The van der Waals surface area contributed by atoms with E-state index in [-0.39, 0.29) is 0 Å². The van der Waals surface area contributed by atoms with Crippen molar-refractivity contribution in [3.8, 4) is 10.6 Å². The van der Waals surface area contributed by atoms with Crippen LogP contribution in [0.15, 0.2) is 24.8 Å². The third-order valence-corrected chi connectivity index (χ3v) is 3.51. The lowest BCUT2D eigenvalue weighted by atomic mass is 10.3. The Labute approximate surface area is 102 Å². The molecule has 3 aromatic heterocycles. The Bertz CT molecular complexity index is 616. The molecule has 3 heterocycles. The van der Waals surface area contributed by atoms with Crippen molar-refractivity contribution in [1.82, 2.24) is 24.0 Å². The Morgan fingerprint density at radius 1 is 1.33 bits per heavy atom. The van der Waals surface area contributed by atoms with Gasteiger partial charge in [0.05, 0.1) is 23.5 Å². The maximum atomic E-state index is 4.32. The van der Waals surface area contributed by atoms with Crippen molar-refractivity contribution < 1.29 is 0 Å². The molecule has 0 spiro atoms. The number of rotatable bonds is 1. The fourth-order valence-corrected chi connectivity index (χ4v) is 2.60. The molecule has 0 N–H and O–H groups in total. The highest BCUT2D eigenvalue weighted by atomic mass is 127. The fraction of sp³-hybridized carbons (Fsp3) is 0. The summed E-state index contributed by atoms with van der Waals surface area (Å²) in [6.45, 7) is 0. The van der Waals surface area contributed by atoms with Gasteiger partial charge in [-0.2, -0.15) is 9.47 Å². The molecule has 0 aromatic carbocycles. The standard InChI is InChI=1S/C8H4IN5S/c9-8-12-7(15-13-8)5-3-11-14-2-1-10-4-6(5)14/h1-4H. The van der Waals surface area contributed by atoms with Crippen LogP contribution in [-0.2, 0) is 0 Å². The minimum Gasteiger partial charge on any atom is -0.261 e. The van der Waals surface area contributed by atoms with E-state index in [4.69, 9.17) is 0 Å². The van der Waals surface area contributed by atoms with Crippen molar-refractivity contribution in [3.05, 3.63) is 28.6 Å². The first-order chi connectivity index (χ1) is 7.34. The van der Waals surface area contributed by atoms with Crippen LogP contribution in [0.4, 0.5) is 0 Å². The van der Waals surface area contributed by atoms with E-state index in [0.717, 1.165) is 19.9 Å². The summed E-state index contributed by atoms with van der Waals surface area (Å²) in [5, 5.41) is 5.09. The molecule has 0 fully saturated rings. The van der Waals surface area contributed by atoms with Crippen LogP contribution in [-0.4, -0.2) is 24.0 Å². The van der Waals surface area contributed by atoms with Gasteiger partial charge in [0.1, 0.15) is 5.01 Å². The van der Waals surface area contributed by atoms with Gasteiger partial charge in [0.15, 0.2) is 0 Å². The average molecular weight is 329 g/mol. The Morgan fingerprint density at radius 3 is 3.07 bits per heavy atom. The second-order valence-corrected chi connectivity index (χ2v) is 4.55. The highest BCUT2D eigenvalue weighted by molar-refractivity contribution is 14.1. The van der Waals surface area contributed by atoms with Gasteiger partial charge in [-0.15, -0.1) is 0 Å². The highest BCUT2D eigenvalue weighted by Crippen LogP contribution is 2.25. The molecule has 0 atom stereocenters. The lowest BCUT2D eigenvalue weighted by Crippen LogP contribution is -1.85. The molecule has 3 rings (SSSR count). The monoisotopic (exact) mass is 329 g/mol. The van der Waals surface area contributed by atoms with E-state index >= 15 is 0 Å². The van der Waals surface area contributed by atoms with Gasteiger partial charge in [0.2, 0.25) is 3.83 Å². The van der Waals surface area contributed by atoms with Crippen molar-refractivity contribution in [1.29, 1.82) is 0 Å². The molecule has 0 radical (unpaired) electrons. The Hall–Kier alpha value is -1.09. The second kappa shape index (κ2) is 3.49. The van der Waals surface area contributed by atoms with Crippen LogP contribution in [0.25, 0.3) is 16.1 Å². The molecule has 0 aliphatic heterocycles. The van der Waals surface area contributed by atoms with Gasteiger partial charge in [-0.25, -0.2) is 9.50 Å². The molecule has 7 heteroatoms. The second-order valence-electron chi connectivity index (χ2n) is 2.83. The summed E-state index contributed by atoms with van der Waals surface area (Å²) in [7, 11) is 0. The van der Waals surface area contributed by atoms with Crippen LogP contribution in [0.2, 0.25) is 0 Å². The summed E-state index contributed by atoms with van der Waals surface area (Å²) in [4.78, 5) is 8.39. The Balaban J connectivity index is 2.27. The first kappa shape index (κ1) is 9.16. The normalized spacial score (nSPS) is 11.0. The summed E-state index contributed by atoms with van der Waals surface area (Å²) in [5.41, 5.74) is 1.92. The van der Waals surface area contributed by atoms with Gasteiger partial charge < -0.3 is 0 Å². The van der Waals surface area contributed by atoms with Crippen LogP contribution in [0, 0.1) is 3.83 Å². The summed E-state index contributed by atoms with van der Waals surface area (Å²) >= 11 is 3.47. The maximum absolute atomic E-state index is 4.32. The van der Waals surface area contributed by atoms with Crippen LogP contribution >= 0.6 is 34.1 Å². The predicted molar refractivity (Wildman–Crippen MR) is 64.6 cm³/mol. The first-order valence-corrected chi connectivity index (χ1v) is 5.97. The van der Waals surface area contributed by atoms with E-state index < -0.39 is 0 Å². The SMILES string of the molecule is Ic1nsc(-c2cnn3ccncc23)n1. The maximum Gasteiger partial charge on any atom is 0.203 e. The number of halogens is 1. The Kier molecular flexibility index (Phi) is 2.13. The van der Waals surface area contributed by atoms with Gasteiger partial charge in [-0.05, 0) is 11.5 Å². The van der Waals surface area contributed by atoms with Crippen molar-refractivity contribution in [3.63, 3.8) is 0 Å². The van der Waals surface area contributed by atoms with Crippen molar-refractivity contribution >= 4 is 39.6 Å². The molecule has 74 valence electrons. The molecule has 0 aliphatic carbocycles. The summed E-state index contributed by atoms with van der Waals surface area (Å²) in [6, 6.07) is 0. The van der Waals surface area contributed by atoms with Crippen molar-refractivity contribution in [2.45, 2.75) is 0 Å². The van der Waals surface area contributed by atoms with E-state index in [1.807, 2.05) is 6.20 Å². The van der Waals surface area contributed by atoms with E-state index in [9.17, 15) is 0 Å². The van der Waals surface area contributed by atoms with Gasteiger partial charge >= 0.3 is 0 Å². The quantitative estimate of drug-likeness (QED) is 0.640. The van der Waals surface area contributed by atoms with Gasteiger partial charge in [-0.1, -0.05) is 0 Å². The molecule has 0 bridgehead atoms. The lowest BCUT2D eigenvalue weighted by Gasteiger charge is -1.91. The zero-order valence-corrected chi connectivity index (χ0v) is 10.3. The number of fused-ring (bicyclic) bond motifs is 1. The minimum atomic E-state index is 0.760. The number of aromatic nitrogens is 5. The van der Waals surface area contributed by atoms with Crippen LogP contribution in [0.5, 0.6) is 0 Å². The number of nitrogens with zero attached hydrogens (tertiary/aromatic N) is 5. The molecule has 0 saturated carbocycles. The lowest BCUT2D eigenvalue weighted by molar-refractivity contribution is 0.946. The third kappa shape index (κ3) is 1.51. The predicted octanol–water partition coefficient (Wildman–Crippen LogP) is 1.85. The average Bonchev–Trinajstić information content (AvgIpc) is 2.83. The summed E-state index contributed by atoms with van der Waals surface area (Å²) in [5.74, 6) is 0. The van der Waals surface area contributed by atoms with Crippen LogP contribution < -0.4 is 0 Å². The molecule has 0 unspecified atom stereocenters. The van der Waals surface area contributed by atoms with Crippen LogP contribution in [0.3, 0.4) is 0 Å². The van der Waals surface area contributed by atoms with Crippen molar-refractivity contribution in [2.24, 2.45) is 0 Å². The fourth-order valence-electron chi connectivity index (χ4n) is 1.31. The molecule has 0 saturated heterocycles. The summed E-state index contributed by atoms with van der Waals surface area (Å²) < 4.78 is 6.67. The van der Waals surface area contributed by atoms with Gasteiger partial charge in [0, 0.05) is 35.0 Å². The molecule has 0 aliphatic rings. The van der Waals surface area contributed by atoms with E-state index in [1.165, 1.54) is 11.5 Å². The smallest absolute Gasteiger partial charge is 0.203 e. The number of hydrogen-bond donors (Lipinski definition) is 0. The van der Waals surface area contributed by atoms with E-state index in [1.54, 1.807) is 23.1 Å². The minimum absolute atomic E-state index is 0.760. The Morgan fingerprint density at radius 2 is 2.27 bits per heavy atom. The van der Waals surface area contributed by atoms with Gasteiger partial charge in [0.25, 0.3) is 0 Å². The molecule has 5 nitrogen and oxygen atoms in total. The zero-order valence-electron chi connectivity index (χ0n) is 7.33. The van der Waals surface area contributed by atoms with Crippen LogP contribution in [0.1, 0.15) is 0 Å². The highest BCUT2D eigenvalue weighted by Gasteiger charge is 2.10. The molecular weight excluding hydrogens is 325 g/mol. The van der Waals surface area contributed by atoms with E-state index in [2.05, 4.69) is 42.0 Å². The largest absolute Gasteiger partial charge is 0.261 e. The third-order valence-electron chi connectivity index (χ3n) is 1.96. The number of hydrogen-bond acceptors (Lipinski definition) is 5. The van der Waals surface area contributed by atoms with E-state index in [0.29, 0.717) is 0 Å². The first-order valence-electron chi connectivity index (χ1n) is 4.11. The summed E-state index contributed by atoms with van der Waals surface area (Å²) in [6.07, 6.45) is 7.07. The molecular formula is C8H4IN5S. The molecule has 0 amide bonds. The van der Waals surface area contributed by atoms with Crippen molar-refractivity contribution in [2.75, 3.05) is 0 Å². The topological polar surface area (TPSA) is 56.0 Å². The zero-order chi connectivity index (χ0) is 10.3. The molecule has 15 heavy (non-hydrogen) atoms. The molecule has 3 aromatic rings. The van der Waals surface area contributed by atoms with Gasteiger partial charge in [-0.3, -0.25) is 4.98 Å².